The average Bonchev–Trinajstić information content (AvgIpc) is 3.77. The maximum Gasteiger partial charge on any atom is 0.253 e. The van der Waals surface area contributed by atoms with Crippen LogP contribution >= 0.6 is 11.6 Å². The Bertz CT molecular complexity index is 2030. The minimum absolute atomic E-state index is 0.0808. The highest BCUT2D eigenvalue weighted by molar-refractivity contribution is 6.31. The van der Waals surface area contributed by atoms with E-state index in [9.17, 15) is 19.2 Å². The molecule has 0 aliphatic carbocycles. The van der Waals surface area contributed by atoms with Crippen LogP contribution in [0.25, 0.3) is 21.8 Å². The number of piperidine rings is 1. The van der Waals surface area contributed by atoms with Crippen LogP contribution in [0.3, 0.4) is 0 Å². The van der Waals surface area contributed by atoms with Crippen molar-refractivity contribution in [2.45, 2.75) is 26.2 Å². The Kier molecular flexibility index (Phi) is 11.3. The summed E-state index contributed by atoms with van der Waals surface area (Å²) >= 11 is 6.12. The molecule has 10 nitrogen and oxygen atoms in total. The molecule has 3 atom stereocenters. The second-order valence-electron chi connectivity index (χ2n) is 13.3. The maximum absolute atomic E-state index is 13.6. The Balaban J connectivity index is 0.000000435. The number of likely N-dealkylation sites (N-methyl/N-ethyl adjacent to an activating group) is 1. The Morgan fingerprint density at radius 2 is 1.73 bits per heavy atom. The quantitative estimate of drug-likeness (QED) is 0.203. The summed E-state index contributed by atoms with van der Waals surface area (Å²) in [6.45, 7) is 3.54. The molecule has 2 fully saturated rings. The molecule has 3 aromatic carbocycles. The van der Waals surface area contributed by atoms with Gasteiger partial charge in [-0.15, -0.1) is 0 Å². The normalized spacial score (nSPS) is 18.1. The summed E-state index contributed by atoms with van der Waals surface area (Å²) in [6.07, 6.45) is 6.12. The lowest BCUT2D eigenvalue weighted by Crippen LogP contribution is -2.54. The standard InChI is InChI=1S/C31H31ClN6O4.C9H12/c1-33-28(39)13-36-30(41)25-17-37(29(40)10-20-12-35-27-11-22(32)6-7-23(20)27)14-21-15-38(16-24(21)25)31(42)19-5-4-18-3-2-8-34-26(18)9-19;1-2-6-9-7-4-3-5-8-9/h2-9,11-12,21,24-25,35H,10,13-17H2,1H3,(H,33,39)(H,36,41);3-5,7-8H,2,6H2,1H3. The fraction of sp³-hybridized carbons (Fsp3) is 0.325. The number of fused-ring (bicyclic) bond motifs is 3. The number of aromatic nitrogens is 2. The molecule has 51 heavy (non-hydrogen) atoms. The summed E-state index contributed by atoms with van der Waals surface area (Å²) in [5, 5.41) is 7.71. The molecule has 7 rings (SSSR count). The highest BCUT2D eigenvalue weighted by Gasteiger charge is 2.47. The molecule has 5 aromatic rings. The monoisotopic (exact) mass is 706 g/mol. The Labute approximate surface area is 302 Å². The van der Waals surface area contributed by atoms with E-state index in [4.69, 9.17) is 11.6 Å². The molecule has 2 aromatic heterocycles. The number of carbonyl (C=O) groups excluding carboxylic acids is 4. The molecule has 4 heterocycles. The van der Waals surface area contributed by atoms with Gasteiger partial charge in [0.05, 0.1) is 24.4 Å². The van der Waals surface area contributed by atoms with Gasteiger partial charge in [0.15, 0.2) is 0 Å². The molecule has 3 unspecified atom stereocenters. The number of nitrogens with one attached hydrogen (secondary N) is 3. The van der Waals surface area contributed by atoms with Crippen molar-refractivity contribution in [1.29, 1.82) is 0 Å². The van der Waals surface area contributed by atoms with Gasteiger partial charge in [-0.2, -0.15) is 0 Å². The first-order valence-electron chi connectivity index (χ1n) is 17.4. The van der Waals surface area contributed by atoms with Crippen LogP contribution in [0.15, 0.2) is 91.3 Å². The number of likely N-dealkylation sites (tertiary alicyclic amines) is 2. The fourth-order valence-corrected chi connectivity index (χ4v) is 7.38. The zero-order valence-electron chi connectivity index (χ0n) is 28.9. The lowest BCUT2D eigenvalue weighted by Gasteiger charge is -2.39. The van der Waals surface area contributed by atoms with Gasteiger partial charge in [0, 0.05) is 72.5 Å². The van der Waals surface area contributed by atoms with Gasteiger partial charge in [-0.05, 0) is 59.7 Å². The number of aromatic amines is 1. The largest absolute Gasteiger partial charge is 0.361 e. The number of hydrogen-bond donors (Lipinski definition) is 3. The Hall–Kier alpha value is -5.22. The molecule has 0 spiro atoms. The van der Waals surface area contributed by atoms with Gasteiger partial charge >= 0.3 is 0 Å². The Morgan fingerprint density at radius 3 is 2.51 bits per heavy atom. The van der Waals surface area contributed by atoms with Gasteiger partial charge in [0.25, 0.3) is 5.91 Å². The van der Waals surface area contributed by atoms with E-state index in [2.05, 4.69) is 57.9 Å². The summed E-state index contributed by atoms with van der Waals surface area (Å²) in [6, 6.07) is 25.3. The van der Waals surface area contributed by atoms with Crippen LogP contribution in [-0.2, 0) is 27.2 Å². The minimum Gasteiger partial charge on any atom is -0.361 e. The van der Waals surface area contributed by atoms with Gasteiger partial charge < -0.3 is 25.4 Å². The molecule has 0 radical (unpaired) electrons. The second kappa shape index (κ2) is 16.2. The third-order valence-corrected chi connectivity index (χ3v) is 10.1. The van der Waals surface area contributed by atoms with Crippen LogP contribution in [0.5, 0.6) is 0 Å². The van der Waals surface area contributed by atoms with Crippen molar-refractivity contribution in [2.24, 2.45) is 17.8 Å². The van der Waals surface area contributed by atoms with Crippen LogP contribution < -0.4 is 10.6 Å². The number of H-pyrrole nitrogens is 1. The van der Waals surface area contributed by atoms with E-state index in [0.29, 0.717) is 30.2 Å². The molecule has 4 amide bonds. The van der Waals surface area contributed by atoms with Gasteiger partial charge in [-0.1, -0.05) is 73.5 Å². The maximum atomic E-state index is 13.6. The number of halogens is 1. The topological polar surface area (TPSA) is 128 Å². The van der Waals surface area contributed by atoms with E-state index in [1.165, 1.54) is 25.5 Å². The van der Waals surface area contributed by atoms with Crippen LogP contribution in [0.1, 0.15) is 34.8 Å². The van der Waals surface area contributed by atoms with Crippen molar-refractivity contribution < 1.29 is 19.2 Å². The van der Waals surface area contributed by atoms with Crippen LogP contribution in [0, 0.1) is 17.8 Å². The lowest BCUT2D eigenvalue weighted by atomic mass is 9.79. The molecule has 0 bridgehead atoms. The first kappa shape index (κ1) is 35.6. The summed E-state index contributed by atoms with van der Waals surface area (Å²) < 4.78 is 0. The first-order valence-corrected chi connectivity index (χ1v) is 17.8. The van der Waals surface area contributed by atoms with E-state index in [-0.39, 0.29) is 55.0 Å². The van der Waals surface area contributed by atoms with Crippen molar-refractivity contribution in [2.75, 3.05) is 39.8 Å². The van der Waals surface area contributed by atoms with E-state index in [0.717, 1.165) is 27.4 Å². The van der Waals surface area contributed by atoms with E-state index >= 15 is 0 Å². The van der Waals surface area contributed by atoms with Crippen molar-refractivity contribution >= 4 is 57.0 Å². The first-order chi connectivity index (χ1) is 24.7. The molecule has 2 saturated heterocycles. The fourth-order valence-electron chi connectivity index (χ4n) is 7.20. The van der Waals surface area contributed by atoms with Crippen molar-refractivity contribution in [1.82, 2.24) is 30.4 Å². The third kappa shape index (κ3) is 8.40. The van der Waals surface area contributed by atoms with Crippen molar-refractivity contribution in [3.05, 3.63) is 113 Å². The molecule has 11 heteroatoms. The SMILES string of the molecule is CCCc1ccccc1.CNC(=O)CNC(=O)C1CN(C(=O)Cc2c[nH]c3cc(Cl)ccc23)CC2CN(C(=O)c3ccc4cccnc4c3)CC21. The summed E-state index contributed by atoms with van der Waals surface area (Å²) in [7, 11) is 1.51. The molecule has 0 saturated carbocycles. The number of hydrogen-bond acceptors (Lipinski definition) is 5. The van der Waals surface area contributed by atoms with E-state index in [1.54, 1.807) is 34.2 Å². The number of aryl methyl sites for hydroxylation is 1. The highest BCUT2D eigenvalue weighted by atomic mass is 35.5. The smallest absolute Gasteiger partial charge is 0.253 e. The zero-order valence-corrected chi connectivity index (χ0v) is 29.7. The van der Waals surface area contributed by atoms with Crippen LogP contribution in [0.4, 0.5) is 0 Å². The zero-order chi connectivity index (χ0) is 35.9. The predicted molar refractivity (Wildman–Crippen MR) is 199 cm³/mol. The number of amides is 4. The molecule has 264 valence electrons. The molecular formula is C40H43ClN6O4. The Morgan fingerprint density at radius 1 is 0.922 bits per heavy atom. The minimum atomic E-state index is -0.560. The summed E-state index contributed by atoms with van der Waals surface area (Å²) in [4.78, 5) is 63.5. The number of carbonyl (C=O) groups is 4. The van der Waals surface area contributed by atoms with Gasteiger partial charge in [-0.3, -0.25) is 24.2 Å². The molecular weight excluding hydrogens is 664 g/mol. The average molecular weight is 707 g/mol. The predicted octanol–water partition coefficient (Wildman–Crippen LogP) is 5.26. The molecule has 2 aliphatic rings. The van der Waals surface area contributed by atoms with Gasteiger partial charge in [-0.25, -0.2) is 0 Å². The van der Waals surface area contributed by atoms with Gasteiger partial charge in [0.1, 0.15) is 0 Å². The summed E-state index contributed by atoms with van der Waals surface area (Å²) in [5.74, 6) is -1.61. The number of pyridine rings is 1. The van der Waals surface area contributed by atoms with Crippen molar-refractivity contribution in [3.8, 4) is 0 Å². The summed E-state index contributed by atoms with van der Waals surface area (Å²) in [5.41, 5.74) is 4.42. The molecule has 3 N–H and O–H groups in total. The number of rotatable bonds is 8. The van der Waals surface area contributed by atoms with E-state index in [1.807, 2.05) is 36.5 Å². The van der Waals surface area contributed by atoms with Crippen molar-refractivity contribution in [3.63, 3.8) is 0 Å². The third-order valence-electron chi connectivity index (χ3n) is 9.86. The molecule has 2 aliphatic heterocycles. The second-order valence-corrected chi connectivity index (χ2v) is 13.7. The van der Waals surface area contributed by atoms with Crippen LogP contribution in [-0.4, -0.2) is 83.2 Å². The van der Waals surface area contributed by atoms with Gasteiger partial charge in [0.2, 0.25) is 17.7 Å². The van der Waals surface area contributed by atoms with Crippen LogP contribution in [0.2, 0.25) is 5.02 Å². The van der Waals surface area contributed by atoms with E-state index < -0.39 is 5.92 Å². The highest BCUT2D eigenvalue weighted by Crippen LogP contribution is 2.37. The number of benzene rings is 3. The lowest BCUT2D eigenvalue weighted by molar-refractivity contribution is -0.139. The number of nitrogens with zero attached hydrogens (tertiary/aromatic N) is 3.